The summed E-state index contributed by atoms with van der Waals surface area (Å²) in [5, 5.41) is 9.27. The van der Waals surface area contributed by atoms with Gasteiger partial charge < -0.3 is 10.6 Å². The lowest BCUT2D eigenvalue weighted by Crippen LogP contribution is -2.51. The number of hydrogen-bond donors (Lipinski definition) is 2. The van der Waals surface area contributed by atoms with Crippen LogP contribution in [0.1, 0.15) is 64.5 Å². The van der Waals surface area contributed by atoms with Gasteiger partial charge in [-0.25, -0.2) is 0 Å². The van der Waals surface area contributed by atoms with E-state index in [1.54, 1.807) is 0 Å². The van der Waals surface area contributed by atoms with E-state index < -0.39 is 5.41 Å². The van der Waals surface area contributed by atoms with Crippen LogP contribution < -0.4 is 10.6 Å². The second-order valence-electron chi connectivity index (χ2n) is 8.72. The van der Waals surface area contributed by atoms with Crippen molar-refractivity contribution in [1.82, 2.24) is 10.6 Å². The summed E-state index contributed by atoms with van der Waals surface area (Å²) in [4.78, 5) is 29.3. The fourth-order valence-electron chi connectivity index (χ4n) is 3.28. The van der Waals surface area contributed by atoms with Crippen molar-refractivity contribution in [2.45, 2.75) is 66.5 Å². The fraction of sp³-hybridized carbons (Fsp3) is 0.583. The second-order valence-corrected chi connectivity index (χ2v) is 8.72. The van der Waals surface area contributed by atoms with Crippen molar-refractivity contribution in [3.8, 4) is 12.3 Å². The molecule has 7 heteroatoms. The largest absolute Gasteiger partial charge is 0.351 e. The minimum Gasteiger partial charge on any atom is -0.351 e. The zero-order valence-corrected chi connectivity index (χ0v) is 19.1. The molecule has 0 atom stereocenters. The van der Waals surface area contributed by atoms with Crippen LogP contribution in [0.25, 0.3) is 10.4 Å². The summed E-state index contributed by atoms with van der Waals surface area (Å²) >= 11 is 0. The molecule has 1 rings (SSSR count). The van der Waals surface area contributed by atoms with Gasteiger partial charge in [-0.2, -0.15) is 0 Å². The lowest BCUT2D eigenvalue weighted by molar-refractivity contribution is -0.145. The molecule has 0 unspecified atom stereocenters. The average Bonchev–Trinajstić information content (AvgIpc) is 2.75. The van der Waals surface area contributed by atoms with Gasteiger partial charge in [0.05, 0.1) is 13.1 Å². The Balaban J connectivity index is 3.04. The summed E-state index contributed by atoms with van der Waals surface area (Å²) in [5.74, 6) is 2.60. The Morgan fingerprint density at radius 3 is 2.03 bits per heavy atom. The highest BCUT2D eigenvalue weighted by Crippen LogP contribution is 2.34. The molecule has 2 amide bonds. The van der Waals surface area contributed by atoms with Gasteiger partial charge in [0.25, 0.3) is 0 Å². The number of benzene rings is 1. The number of amides is 2. The summed E-state index contributed by atoms with van der Waals surface area (Å²) in [6, 6.07) is 7.48. The highest BCUT2D eigenvalue weighted by Gasteiger charge is 2.44. The van der Waals surface area contributed by atoms with E-state index in [1.165, 1.54) is 0 Å². The molecule has 7 nitrogen and oxygen atoms in total. The van der Waals surface area contributed by atoms with Crippen LogP contribution in [0.2, 0.25) is 0 Å². The minimum atomic E-state index is -1.15. The van der Waals surface area contributed by atoms with Gasteiger partial charge >= 0.3 is 0 Å². The van der Waals surface area contributed by atoms with Gasteiger partial charge in [0.15, 0.2) is 0 Å². The first-order valence-electron chi connectivity index (χ1n) is 10.8. The zero-order valence-electron chi connectivity index (χ0n) is 19.1. The Morgan fingerprint density at radius 1 is 1.03 bits per heavy atom. The molecule has 0 aliphatic rings. The molecule has 0 bridgehead atoms. The number of carbonyl (C=O) groups excluding carboxylic acids is 2. The smallest absolute Gasteiger partial charge is 0.236 e. The second kappa shape index (κ2) is 13.4. The topological polar surface area (TPSA) is 107 Å². The monoisotopic (exact) mass is 425 g/mol. The van der Waals surface area contributed by atoms with Crippen molar-refractivity contribution in [3.63, 3.8) is 0 Å². The molecule has 31 heavy (non-hydrogen) atoms. The Labute approximate surface area is 186 Å². The molecule has 0 fully saturated rings. The third-order valence-corrected chi connectivity index (χ3v) is 5.31. The number of nitrogens with zero attached hydrogens (tertiary/aromatic N) is 3. The van der Waals surface area contributed by atoms with Gasteiger partial charge in [-0.05, 0) is 54.2 Å². The molecule has 0 saturated heterocycles. The summed E-state index contributed by atoms with van der Waals surface area (Å²) in [6.07, 6.45) is 7.81. The summed E-state index contributed by atoms with van der Waals surface area (Å²) in [5.41, 5.74) is 9.08. The van der Waals surface area contributed by atoms with Crippen molar-refractivity contribution in [3.05, 3.63) is 45.8 Å². The molecule has 1 aromatic carbocycles. The van der Waals surface area contributed by atoms with Crippen LogP contribution in [0.4, 0.5) is 0 Å². The van der Waals surface area contributed by atoms with E-state index in [0.717, 1.165) is 24.0 Å². The van der Waals surface area contributed by atoms with Crippen LogP contribution in [0.5, 0.6) is 0 Å². The van der Waals surface area contributed by atoms with E-state index in [2.05, 4.69) is 54.3 Å². The quantitative estimate of drug-likeness (QED) is 0.157. The molecule has 0 saturated carbocycles. The summed E-state index contributed by atoms with van der Waals surface area (Å²) in [7, 11) is 0. The molecular weight excluding hydrogens is 390 g/mol. The highest BCUT2D eigenvalue weighted by molar-refractivity contribution is 6.05. The lowest BCUT2D eigenvalue weighted by Gasteiger charge is -2.32. The van der Waals surface area contributed by atoms with Crippen LogP contribution in [-0.2, 0) is 22.7 Å². The van der Waals surface area contributed by atoms with Crippen molar-refractivity contribution < 1.29 is 9.59 Å². The van der Waals surface area contributed by atoms with Gasteiger partial charge in [-0.15, -0.1) is 6.42 Å². The molecule has 1 aromatic rings. The van der Waals surface area contributed by atoms with Crippen molar-refractivity contribution in [1.29, 1.82) is 0 Å². The highest BCUT2D eigenvalue weighted by atomic mass is 16.2. The standard InChI is InChI=1S/C24H35N5O2/c1-6-15-26-22(30)24(13-11-18(2)3,14-12-19(4)5)23(31)27-16-20-7-9-21(10-8-20)17-28-29-25/h1,7-10,18-19H,11-17H2,2-5H3,(H,26,30)(H,27,31). The predicted molar refractivity (Wildman–Crippen MR) is 124 cm³/mol. The maximum atomic E-state index is 13.4. The maximum absolute atomic E-state index is 13.4. The van der Waals surface area contributed by atoms with E-state index in [4.69, 9.17) is 12.0 Å². The van der Waals surface area contributed by atoms with Crippen LogP contribution >= 0.6 is 0 Å². The SMILES string of the molecule is C#CCNC(=O)C(CCC(C)C)(CCC(C)C)C(=O)NCc1ccc(CN=[N+]=[N-])cc1. The molecule has 0 spiro atoms. The van der Waals surface area contributed by atoms with Crippen LogP contribution in [-0.4, -0.2) is 18.4 Å². The summed E-state index contributed by atoms with van der Waals surface area (Å²) in [6.45, 7) is 9.04. The van der Waals surface area contributed by atoms with E-state index in [9.17, 15) is 9.59 Å². The van der Waals surface area contributed by atoms with Gasteiger partial charge in [0.2, 0.25) is 11.8 Å². The van der Waals surface area contributed by atoms with Gasteiger partial charge in [0, 0.05) is 11.5 Å². The Kier molecular flexibility index (Phi) is 11.2. The van der Waals surface area contributed by atoms with Crippen LogP contribution in [0.3, 0.4) is 0 Å². The van der Waals surface area contributed by atoms with Crippen molar-refractivity contribution >= 4 is 11.8 Å². The number of carbonyl (C=O) groups is 2. The van der Waals surface area contributed by atoms with E-state index in [1.807, 2.05) is 24.3 Å². The maximum Gasteiger partial charge on any atom is 0.236 e. The third kappa shape index (κ3) is 8.74. The van der Waals surface area contributed by atoms with Gasteiger partial charge in [-0.1, -0.05) is 63.0 Å². The van der Waals surface area contributed by atoms with Crippen LogP contribution in [0, 0.1) is 29.6 Å². The number of rotatable bonds is 13. The van der Waals surface area contributed by atoms with Crippen molar-refractivity contribution in [2.24, 2.45) is 22.4 Å². The van der Waals surface area contributed by atoms with Gasteiger partial charge in [0.1, 0.15) is 5.41 Å². The van der Waals surface area contributed by atoms with E-state index in [0.29, 0.717) is 31.2 Å². The lowest BCUT2D eigenvalue weighted by atomic mass is 9.74. The Hall–Kier alpha value is -2.97. The third-order valence-electron chi connectivity index (χ3n) is 5.31. The zero-order chi connectivity index (χ0) is 23.3. The number of terminal acetylenes is 1. The predicted octanol–water partition coefficient (Wildman–Crippen LogP) is 4.72. The van der Waals surface area contributed by atoms with Crippen molar-refractivity contribution in [2.75, 3.05) is 6.54 Å². The molecule has 2 N–H and O–H groups in total. The number of hydrogen-bond acceptors (Lipinski definition) is 3. The minimum absolute atomic E-state index is 0.101. The first-order chi connectivity index (χ1) is 14.7. The molecule has 0 aliphatic heterocycles. The number of azide groups is 1. The molecular formula is C24H35N5O2. The number of nitrogens with one attached hydrogen (secondary N) is 2. The first kappa shape index (κ1) is 26.1. The summed E-state index contributed by atoms with van der Waals surface area (Å²) < 4.78 is 0. The molecule has 0 radical (unpaired) electrons. The Bertz CT molecular complexity index is 790. The molecule has 0 aliphatic carbocycles. The normalized spacial score (nSPS) is 11.0. The molecule has 0 aromatic heterocycles. The van der Waals surface area contributed by atoms with E-state index >= 15 is 0 Å². The van der Waals surface area contributed by atoms with Gasteiger partial charge in [-0.3, -0.25) is 9.59 Å². The first-order valence-corrected chi connectivity index (χ1v) is 10.8. The Morgan fingerprint density at radius 2 is 1.55 bits per heavy atom. The fourth-order valence-corrected chi connectivity index (χ4v) is 3.28. The average molecular weight is 426 g/mol. The molecule has 168 valence electrons. The van der Waals surface area contributed by atoms with E-state index in [-0.39, 0.29) is 24.9 Å². The van der Waals surface area contributed by atoms with Crippen LogP contribution in [0.15, 0.2) is 29.4 Å². The molecule has 0 heterocycles.